The van der Waals surface area contributed by atoms with Crippen LogP contribution in [0, 0.1) is 0 Å². The summed E-state index contributed by atoms with van der Waals surface area (Å²) >= 11 is 5.52. The van der Waals surface area contributed by atoms with Crippen LogP contribution >= 0.6 is 11.8 Å². The highest BCUT2D eigenvalue weighted by Crippen LogP contribution is 2.35. The Morgan fingerprint density at radius 3 is 2.58 bits per heavy atom. The van der Waals surface area contributed by atoms with E-state index in [1.165, 1.54) is 7.05 Å². The number of likely N-dealkylation sites (N-methyl/N-ethyl adjacent to an activating group) is 1. The molecule has 0 saturated heterocycles. The van der Waals surface area contributed by atoms with Crippen LogP contribution in [-0.2, 0) is 0 Å². The molecule has 1 fully saturated rings. The highest BCUT2D eigenvalue weighted by Gasteiger charge is 2.47. The van der Waals surface area contributed by atoms with Gasteiger partial charge in [-0.3, -0.25) is 0 Å². The zero-order valence-electron chi connectivity index (χ0n) is 6.80. The van der Waals surface area contributed by atoms with Gasteiger partial charge in [-0.25, -0.2) is 13.2 Å². The summed E-state index contributed by atoms with van der Waals surface area (Å²) in [6.07, 6.45) is -0.938. The molecule has 0 amide bonds. The molecule has 5 heteroatoms. The normalized spacial score (nSPS) is 35.5. The third-order valence-electron chi connectivity index (χ3n) is 2.26. The van der Waals surface area contributed by atoms with E-state index < -0.39 is 18.1 Å². The van der Waals surface area contributed by atoms with Crippen LogP contribution < -0.4 is 0 Å². The molecule has 72 valence electrons. The van der Waals surface area contributed by atoms with E-state index in [0.29, 0.717) is 12.8 Å². The van der Waals surface area contributed by atoms with E-state index in [1.807, 2.05) is 0 Å². The van der Waals surface area contributed by atoms with Crippen molar-refractivity contribution in [2.45, 2.75) is 37.3 Å². The topological polar surface area (TPSA) is 23.5 Å². The molecule has 1 aliphatic rings. The van der Waals surface area contributed by atoms with Gasteiger partial charge in [-0.2, -0.15) is 0 Å². The van der Waals surface area contributed by atoms with E-state index in [1.54, 1.807) is 0 Å². The Labute approximate surface area is 75.2 Å². The van der Waals surface area contributed by atoms with Crippen LogP contribution in [0.15, 0.2) is 0 Å². The maximum absolute atomic E-state index is 12.9. The summed E-state index contributed by atoms with van der Waals surface area (Å²) in [5.74, 6) is -2.98. The van der Waals surface area contributed by atoms with Crippen LogP contribution in [0.5, 0.6) is 0 Å². The van der Waals surface area contributed by atoms with E-state index in [4.69, 9.17) is 11.8 Å². The van der Waals surface area contributed by atoms with Crippen molar-refractivity contribution in [1.29, 1.82) is 0 Å². The standard InChI is InChI=1S/C7H12ClF2NO/c1-11(8)5-3-2-4-7(9,10)6(5)12/h5-6,12H,2-4H2,1H3/t5-,6+/m0/s1. The number of aliphatic hydroxyl groups excluding tert-OH is 1. The van der Waals surface area contributed by atoms with Gasteiger partial charge in [0.2, 0.25) is 0 Å². The second-order valence-electron chi connectivity index (χ2n) is 3.19. The van der Waals surface area contributed by atoms with Crippen molar-refractivity contribution in [3.63, 3.8) is 0 Å². The zero-order valence-corrected chi connectivity index (χ0v) is 7.56. The molecule has 1 rings (SSSR count). The lowest BCUT2D eigenvalue weighted by Crippen LogP contribution is -2.50. The van der Waals surface area contributed by atoms with Crippen LogP contribution in [0.1, 0.15) is 19.3 Å². The second-order valence-corrected chi connectivity index (χ2v) is 3.72. The summed E-state index contributed by atoms with van der Waals surface area (Å²) in [4.78, 5) is 0. The van der Waals surface area contributed by atoms with E-state index in [-0.39, 0.29) is 6.42 Å². The molecule has 12 heavy (non-hydrogen) atoms. The summed E-state index contributed by atoms with van der Waals surface area (Å²) in [6.45, 7) is 0. The third kappa shape index (κ3) is 1.87. The van der Waals surface area contributed by atoms with Gasteiger partial charge < -0.3 is 5.11 Å². The van der Waals surface area contributed by atoms with Crippen molar-refractivity contribution in [3.8, 4) is 0 Å². The Morgan fingerprint density at radius 1 is 1.58 bits per heavy atom. The van der Waals surface area contributed by atoms with Gasteiger partial charge in [-0.05, 0) is 24.6 Å². The summed E-state index contributed by atoms with van der Waals surface area (Å²) < 4.78 is 26.9. The van der Waals surface area contributed by atoms with Crippen LogP contribution in [0.2, 0.25) is 0 Å². The maximum Gasteiger partial charge on any atom is 0.275 e. The predicted octanol–water partition coefficient (Wildman–Crippen LogP) is 1.62. The van der Waals surface area contributed by atoms with Crippen LogP contribution in [0.3, 0.4) is 0 Å². The molecule has 0 unspecified atom stereocenters. The van der Waals surface area contributed by atoms with Gasteiger partial charge in [0.05, 0.1) is 6.04 Å². The number of hydrogen-bond donors (Lipinski definition) is 1. The average molecular weight is 200 g/mol. The highest BCUT2D eigenvalue weighted by atomic mass is 35.5. The first kappa shape index (κ1) is 10.2. The molecule has 0 radical (unpaired) electrons. The molecule has 0 heterocycles. The minimum atomic E-state index is -2.98. The first-order valence-corrected chi connectivity index (χ1v) is 4.23. The number of halogens is 3. The fraction of sp³-hybridized carbons (Fsp3) is 1.00. The van der Waals surface area contributed by atoms with Gasteiger partial charge in [-0.15, -0.1) is 0 Å². The van der Waals surface area contributed by atoms with E-state index in [2.05, 4.69) is 0 Å². The van der Waals surface area contributed by atoms with Crippen molar-refractivity contribution in [2.24, 2.45) is 0 Å². The molecule has 0 aromatic heterocycles. The Kier molecular flexibility index (Phi) is 2.91. The fourth-order valence-corrected chi connectivity index (χ4v) is 1.71. The van der Waals surface area contributed by atoms with Crippen LogP contribution in [0.25, 0.3) is 0 Å². The van der Waals surface area contributed by atoms with Gasteiger partial charge in [-0.1, -0.05) is 0 Å². The van der Waals surface area contributed by atoms with Gasteiger partial charge in [0.1, 0.15) is 6.10 Å². The number of nitrogens with zero attached hydrogens (tertiary/aromatic N) is 1. The quantitative estimate of drug-likeness (QED) is 0.649. The largest absolute Gasteiger partial charge is 0.385 e. The molecule has 0 spiro atoms. The van der Waals surface area contributed by atoms with Gasteiger partial charge in [0, 0.05) is 13.5 Å². The maximum atomic E-state index is 12.9. The minimum Gasteiger partial charge on any atom is -0.385 e. The Balaban J connectivity index is 2.66. The molecule has 0 aromatic carbocycles. The molecule has 1 saturated carbocycles. The molecular formula is C7H12ClF2NO. The van der Waals surface area contributed by atoms with E-state index in [0.717, 1.165) is 4.42 Å². The van der Waals surface area contributed by atoms with Crippen molar-refractivity contribution in [3.05, 3.63) is 0 Å². The monoisotopic (exact) mass is 199 g/mol. The van der Waals surface area contributed by atoms with Crippen molar-refractivity contribution in [2.75, 3.05) is 7.05 Å². The summed E-state index contributed by atoms with van der Waals surface area (Å²) in [5.41, 5.74) is 0. The number of alkyl halides is 2. The first-order valence-electron chi connectivity index (χ1n) is 3.89. The average Bonchev–Trinajstić information content (AvgIpc) is 1.94. The fourth-order valence-electron chi connectivity index (χ4n) is 1.51. The lowest BCUT2D eigenvalue weighted by Gasteiger charge is -2.36. The summed E-state index contributed by atoms with van der Waals surface area (Å²) in [5, 5.41) is 9.19. The van der Waals surface area contributed by atoms with Crippen molar-refractivity contribution >= 4 is 11.8 Å². The lowest BCUT2D eigenvalue weighted by atomic mass is 9.89. The van der Waals surface area contributed by atoms with E-state index >= 15 is 0 Å². The Hall–Kier alpha value is 0.0700. The summed E-state index contributed by atoms with van der Waals surface area (Å²) in [6, 6.07) is -0.629. The number of hydrogen-bond acceptors (Lipinski definition) is 2. The van der Waals surface area contributed by atoms with Gasteiger partial charge in [0.15, 0.2) is 0 Å². The predicted molar refractivity (Wildman–Crippen MR) is 42.2 cm³/mol. The first-order chi connectivity index (χ1) is 5.45. The number of aliphatic hydroxyl groups is 1. The second kappa shape index (κ2) is 3.44. The SMILES string of the molecule is CN(Cl)[C@H]1CCCC(F)(F)[C@@H]1O. The van der Waals surface area contributed by atoms with Crippen LogP contribution in [0.4, 0.5) is 8.78 Å². The zero-order chi connectivity index (χ0) is 9.35. The third-order valence-corrected chi connectivity index (χ3v) is 2.51. The molecule has 2 nitrogen and oxygen atoms in total. The summed E-state index contributed by atoms with van der Waals surface area (Å²) in [7, 11) is 1.48. The molecule has 0 bridgehead atoms. The molecule has 0 aliphatic heterocycles. The Morgan fingerprint density at radius 2 is 2.17 bits per heavy atom. The van der Waals surface area contributed by atoms with Crippen molar-refractivity contribution < 1.29 is 13.9 Å². The Bertz CT molecular complexity index is 165. The molecule has 2 atom stereocenters. The lowest BCUT2D eigenvalue weighted by molar-refractivity contribution is -0.151. The van der Waals surface area contributed by atoms with Crippen LogP contribution in [-0.4, -0.2) is 34.6 Å². The molecular weight excluding hydrogens is 188 g/mol. The molecule has 1 aliphatic carbocycles. The van der Waals surface area contributed by atoms with E-state index in [9.17, 15) is 13.9 Å². The highest BCUT2D eigenvalue weighted by molar-refractivity contribution is 6.13. The molecule has 0 aromatic rings. The van der Waals surface area contributed by atoms with Gasteiger partial charge in [0.25, 0.3) is 5.92 Å². The van der Waals surface area contributed by atoms with Crippen molar-refractivity contribution in [1.82, 2.24) is 4.42 Å². The van der Waals surface area contributed by atoms with Gasteiger partial charge >= 0.3 is 0 Å². The molecule has 1 N–H and O–H groups in total. The number of rotatable bonds is 1. The minimum absolute atomic E-state index is 0.241. The smallest absolute Gasteiger partial charge is 0.275 e.